The summed E-state index contributed by atoms with van der Waals surface area (Å²) in [6.45, 7) is 10.6. The van der Waals surface area contributed by atoms with E-state index in [1.165, 1.54) is 5.75 Å². The average molecular weight is 254 g/mol. The molecule has 0 bridgehead atoms. The number of nitrogens with zero attached hydrogens (tertiary/aromatic N) is 3. The van der Waals surface area contributed by atoms with Crippen LogP contribution in [0.5, 0.6) is 0 Å². The van der Waals surface area contributed by atoms with E-state index in [1.54, 1.807) is 0 Å². The maximum atomic E-state index is 6.19. The minimum Gasteiger partial charge on any atom is -0.394 e. The third kappa shape index (κ3) is 2.12. The van der Waals surface area contributed by atoms with Gasteiger partial charge in [-0.05, 0) is 20.8 Å². The first-order valence-corrected chi connectivity index (χ1v) is 7.32. The lowest BCUT2D eigenvalue weighted by Crippen LogP contribution is -2.46. The minimum atomic E-state index is 0.512. The van der Waals surface area contributed by atoms with Crippen LogP contribution in [0, 0.1) is 6.92 Å². The van der Waals surface area contributed by atoms with Crippen LogP contribution in [0.2, 0.25) is 0 Å². The summed E-state index contributed by atoms with van der Waals surface area (Å²) in [5, 5.41) is 5.15. The van der Waals surface area contributed by atoms with E-state index >= 15 is 0 Å². The second-order valence-corrected chi connectivity index (χ2v) is 6.13. The molecule has 1 saturated heterocycles. The highest BCUT2D eigenvalue weighted by molar-refractivity contribution is 8.00. The van der Waals surface area contributed by atoms with Gasteiger partial charge in [-0.2, -0.15) is 16.9 Å². The Balaban J connectivity index is 2.38. The van der Waals surface area contributed by atoms with Gasteiger partial charge >= 0.3 is 0 Å². The number of thioether (sulfide) groups is 1. The van der Waals surface area contributed by atoms with Gasteiger partial charge in [0, 0.05) is 30.1 Å². The first-order chi connectivity index (χ1) is 8.06. The van der Waals surface area contributed by atoms with Gasteiger partial charge in [0.1, 0.15) is 0 Å². The molecule has 0 spiro atoms. The van der Waals surface area contributed by atoms with Crippen LogP contribution in [-0.2, 0) is 6.54 Å². The Morgan fingerprint density at radius 2 is 2.18 bits per heavy atom. The molecule has 0 aliphatic carbocycles. The zero-order chi connectivity index (χ0) is 12.6. The molecule has 1 aliphatic rings. The molecule has 1 fully saturated rings. The van der Waals surface area contributed by atoms with Crippen LogP contribution >= 0.6 is 11.8 Å². The lowest BCUT2D eigenvalue weighted by atomic mass is 10.2. The summed E-state index contributed by atoms with van der Waals surface area (Å²) in [6, 6.07) is 0.512. The third-order valence-corrected chi connectivity index (χ3v) is 4.94. The van der Waals surface area contributed by atoms with E-state index in [-0.39, 0.29) is 0 Å². The molecule has 17 heavy (non-hydrogen) atoms. The average Bonchev–Trinajstić information content (AvgIpc) is 2.59. The minimum absolute atomic E-state index is 0.512. The van der Waals surface area contributed by atoms with Crippen molar-refractivity contribution in [1.29, 1.82) is 0 Å². The number of hydrogen-bond donors (Lipinski definition) is 1. The van der Waals surface area contributed by atoms with Crippen LogP contribution in [-0.4, -0.2) is 33.4 Å². The summed E-state index contributed by atoms with van der Waals surface area (Å²) in [6.07, 6.45) is 0. The van der Waals surface area contributed by atoms with Crippen LogP contribution < -0.4 is 10.6 Å². The molecule has 2 atom stereocenters. The van der Waals surface area contributed by atoms with Gasteiger partial charge in [0.05, 0.1) is 11.4 Å². The summed E-state index contributed by atoms with van der Waals surface area (Å²) in [5.74, 6) is 2.28. The van der Waals surface area contributed by atoms with Crippen molar-refractivity contribution in [1.82, 2.24) is 9.78 Å². The number of hydrogen-bond acceptors (Lipinski definition) is 4. The monoisotopic (exact) mass is 254 g/mol. The summed E-state index contributed by atoms with van der Waals surface area (Å²) < 4.78 is 2.03. The Morgan fingerprint density at radius 3 is 2.82 bits per heavy atom. The molecule has 5 heteroatoms. The lowest BCUT2D eigenvalue weighted by molar-refractivity contribution is 0.576. The van der Waals surface area contributed by atoms with Crippen molar-refractivity contribution in [2.45, 2.75) is 45.5 Å². The van der Waals surface area contributed by atoms with Gasteiger partial charge < -0.3 is 10.6 Å². The molecule has 0 radical (unpaired) electrons. The zero-order valence-corrected chi connectivity index (χ0v) is 11.9. The van der Waals surface area contributed by atoms with E-state index in [2.05, 4.69) is 30.8 Å². The standard InChI is InChI=1S/C12H22N4S/c1-5-16-12(11(13)8(2)14-16)15-6-7-17-10(4)9(15)3/h9-10H,5-7,13H2,1-4H3. The van der Waals surface area contributed by atoms with E-state index in [0.29, 0.717) is 11.3 Å². The maximum absolute atomic E-state index is 6.19. The number of nitrogen functional groups attached to an aromatic ring is 1. The highest BCUT2D eigenvalue weighted by atomic mass is 32.2. The smallest absolute Gasteiger partial charge is 0.150 e. The van der Waals surface area contributed by atoms with Crippen LogP contribution in [0.4, 0.5) is 11.5 Å². The van der Waals surface area contributed by atoms with Crippen LogP contribution in [0.1, 0.15) is 26.5 Å². The summed E-state index contributed by atoms with van der Waals surface area (Å²) in [5.41, 5.74) is 7.98. The molecule has 2 rings (SSSR count). The molecule has 0 saturated carbocycles. The number of rotatable bonds is 2. The highest BCUT2D eigenvalue weighted by Gasteiger charge is 2.29. The largest absolute Gasteiger partial charge is 0.394 e. The number of aromatic nitrogens is 2. The predicted molar refractivity (Wildman–Crippen MR) is 75.8 cm³/mol. The Bertz CT molecular complexity index is 401. The van der Waals surface area contributed by atoms with Crippen LogP contribution in [0.25, 0.3) is 0 Å². The molecule has 2 heterocycles. The molecule has 1 aliphatic heterocycles. The van der Waals surface area contributed by atoms with Crippen LogP contribution in [0.3, 0.4) is 0 Å². The van der Waals surface area contributed by atoms with E-state index in [4.69, 9.17) is 5.73 Å². The Kier molecular flexibility index (Phi) is 3.56. The van der Waals surface area contributed by atoms with Gasteiger partial charge in [0.25, 0.3) is 0 Å². The summed E-state index contributed by atoms with van der Waals surface area (Å²) in [4.78, 5) is 2.42. The molecule has 1 aromatic rings. The van der Waals surface area contributed by atoms with E-state index < -0.39 is 0 Å². The molecule has 4 nitrogen and oxygen atoms in total. The highest BCUT2D eigenvalue weighted by Crippen LogP contribution is 2.33. The Hall–Kier alpha value is -0.840. The maximum Gasteiger partial charge on any atom is 0.150 e. The first kappa shape index (κ1) is 12.6. The van der Waals surface area contributed by atoms with Gasteiger partial charge in [0.2, 0.25) is 0 Å². The fourth-order valence-electron chi connectivity index (χ4n) is 2.34. The molecular weight excluding hydrogens is 232 g/mol. The van der Waals surface area contributed by atoms with Crippen molar-refractivity contribution in [2.24, 2.45) is 0 Å². The van der Waals surface area contributed by atoms with Gasteiger partial charge in [-0.15, -0.1) is 0 Å². The van der Waals surface area contributed by atoms with Crippen molar-refractivity contribution in [2.75, 3.05) is 22.9 Å². The second kappa shape index (κ2) is 4.80. The number of nitrogens with two attached hydrogens (primary N) is 1. The molecule has 2 N–H and O–H groups in total. The fourth-order valence-corrected chi connectivity index (χ4v) is 3.44. The normalized spacial score (nSPS) is 25.3. The molecule has 96 valence electrons. The molecule has 2 unspecified atom stereocenters. The zero-order valence-electron chi connectivity index (χ0n) is 11.1. The topological polar surface area (TPSA) is 47.1 Å². The third-order valence-electron chi connectivity index (χ3n) is 3.60. The Morgan fingerprint density at radius 1 is 1.47 bits per heavy atom. The first-order valence-electron chi connectivity index (χ1n) is 6.27. The number of anilines is 2. The number of aryl methyl sites for hydroxylation is 2. The fraction of sp³-hybridized carbons (Fsp3) is 0.750. The van der Waals surface area contributed by atoms with Crippen molar-refractivity contribution >= 4 is 23.3 Å². The SMILES string of the molecule is CCn1nc(C)c(N)c1N1CCSC(C)C1C. The van der Waals surface area contributed by atoms with Gasteiger partial charge in [-0.25, -0.2) is 4.68 Å². The van der Waals surface area contributed by atoms with E-state index in [0.717, 1.165) is 30.3 Å². The molecule has 1 aromatic heterocycles. The van der Waals surface area contributed by atoms with Crippen molar-refractivity contribution in [3.63, 3.8) is 0 Å². The summed E-state index contributed by atoms with van der Waals surface area (Å²) >= 11 is 2.04. The van der Waals surface area contributed by atoms with Crippen molar-refractivity contribution in [3.8, 4) is 0 Å². The van der Waals surface area contributed by atoms with Gasteiger partial charge in [0.15, 0.2) is 5.82 Å². The second-order valence-electron chi connectivity index (χ2n) is 4.65. The van der Waals surface area contributed by atoms with E-state index in [9.17, 15) is 0 Å². The van der Waals surface area contributed by atoms with E-state index in [1.807, 2.05) is 23.4 Å². The van der Waals surface area contributed by atoms with Gasteiger partial charge in [-0.1, -0.05) is 6.92 Å². The molecule has 0 amide bonds. The van der Waals surface area contributed by atoms with Crippen molar-refractivity contribution in [3.05, 3.63) is 5.69 Å². The molecule has 0 aromatic carbocycles. The van der Waals surface area contributed by atoms with Crippen molar-refractivity contribution < 1.29 is 0 Å². The van der Waals surface area contributed by atoms with Gasteiger partial charge in [-0.3, -0.25) is 0 Å². The van der Waals surface area contributed by atoms with Crippen LogP contribution in [0.15, 0.2) is 0 Å². The predicted octanol–water partition coefficient (Wildman–Crippen LogP) is 2.12. The Labute approximate surface area is 108 Å². The molecular formula is C12H22N4S. The summed E-state index contributed by atoms with van der Waals surface area (Å²) in [7, 11) is 0. The quantitative estimate of drug-likeness (QED) is 0.878. The lowest BCUT2D eigenvalue weighted by Gasteiger charge is -2.39.